The maximum absolute atomic E-state index is 13.5. The Kier molecular flexibility index (Phi) is 17.4. The van der Waals surface area contributed by atoms with E-state index in [0.29, 0.717) is 18.7 Å². The van der Waals surface area contributed by atoms with Crippen molar-refractivity contribution in [3.05, 3.63) is 11.8 Å². The van der Waals surface area contributed by atoms with E-state index in [1.165, 1.54) is 14.0 Å². The number of amides is 4. The Morgan fingerprint density at radius 2 is 1.47 bits per heavy atom. The van der Waals surface area contributed by atoms with Gasteiger partial charge in [-0.05, 0) is 108 Å². The third kappa shape index (κ3) is 15.1. The van der Waals surface area contributed by atoms with E-state index < -0.39 is 120 Å². The molecule has 20 heteroatoms. The minimum absolute atomic E-state index is 0.0957. The molecule has 0 aromatic rings. The van der Waals surface area contributed by atoms with Crippen LogP contribution in [0.4, 0.5) is 14.4 Å². The maximum Gasteiger partial charge on any atom is 0.410 e. The zero-order valence-corrected chi connectivity index (χ0v) is 37.4. The summed E-state index contributed by atoms with van der Waals surface area (Å²) in [4.78, 5) is 52.6. The number of carbonyl (C=O) groups excluding carboxylic acids is 4. The van der Waals surface area contributed by atoms with Crippen molar-refractivity contribution in [3.63, 3.8) is 0 Å². The first-order valence-electron chi connectivity index (χ1n) is 20.4. The van der Waals surface area contributed by atoms with E-state index in [9.17, 15) is 39.6 Å². The fraction of sp³-hybridized carbons (Fsp3) is 0.850. The van der Waals surface area contributed by atoms with Crippen LogP contribution in [0, 0.1) is 5.92 Å². The van der Waals surface area contributed by atoms with Crippen molar-refractivity contribution < 1.29 is 72.8 Å². The first kappa shape index (κ1) is 50.9. The molecule has 1 aliphatic carbocycles. The van der Waals surface area contributed by atoms with Gasteiger partial charge >= 0.3 is 18.3 Å². The predicted molar refractivity (Wildman–Crippen MR) is 215 cm³/mol. The van der Waals surface area contributed by atoms with Gasteiger partial charge in [-0.2, -0.15) is 0 Å². The molecule has 2 unspecified atom stereocenters. The lowest BCUT2D eigenvalue weighted by Crippen LogP contribution is -2.69. The van der Waals surface area contributed by atoms with Crippen LogP contribution in [-0.2, 0) is 38.0 Å². The van der Waals surface area contributed by atoms with Crippen LogP contribution >= 0.6 is 0 Å². The first-order valence-corrected chi connectivity index (χ1v) is 20.4. The fourth-order valence-electron chi connectivity index (χ4n) is 7.12. The molecule has 2 fully saturated rings. The summed E-state index contributed by atoms with van der Waals surface area (Å²) >= 11 is 0. The molecule has 1 saturated heterocycles. The molecular weight excluding hydrogens is 790 g/mol. The van der Waals surface area contributed by atoms with E-state index in [-0.39, 0.29) is 19.4 Å². The fourth-order valence-corrected chi connectivity index (χ4v) is 7.12. The van der Waals surface area contributed by atoms with Crippen LogP contribution in [0.25, 0.3) is 0 Å². The third-order valence-corrected chi connectivity index (χ3v) is 9.68. The van der Waals surface area contributed by atoms with Crippen molar-refractivity contribution in [1.29, 1.82) is 0 Å². The van der Waals surface area contributed by atoms with Crippen molar-refractivity contribution in [1.82, 2.24) is 26.2 Å². The Hall–Kier alpha value is -3.50. The number of carbonyl (C=O) groups is 4. The summed E-state index contributed by atoms with van der Waals surface area (Å²) in [6.45, 7) is 18.3. The number of likely N-dealkylation sites (N-methyl/N-ethyl adjacent to an activating group) is 2. The Labute approximate surface area is 353 Å². The molecule has 0 aromatic carbocycles. The number of aliphatic hydroxyl groups is 4. The molecule has 0 bridgehead atoms. The monoisotopic (exact) mass is 861 g/mol. The zero-order valence-electron chi connectivity index (χ0n) is 37.4. The second-order valence-electron chi connectivity index (χ2n) is 19.0. The van der Waals surface area contributed by atoms with Crippen LogP contribution in [0.1, 0.15) is 95.4 Å². The molecular formula is C40H71N5O15. The van der Waals surface area contributed by atoms with E-state index >= 15 is 0 Å². The minimum Gasteiger partial charge on any atom is -0.466 e. The summed E-state index contributed by atoms with van der Waals surface area (Å²) < 4.78 is 41.0. The standard InChI is InChI=1S/C40H71N5O15/c1-21-18-24(43-31(49)25(46)16-17-42-34(50)58-37(2,3)4)29(57-33-27(48)30(40(11,53)20-54-33)45(13)36(52)60-39(8,9)10)26(47)28(21)56-32-23(15-14-22(55-32)19-41-12)44-35(51)59-38(5,6)7/h14,21,23-30,32-33,41,46-48,53H,15-20H2,1-13H3,(H,42,50)(H,43,49)(H,44,51)/t21-,23?,24+,25-,26-,27+,28+,29-,30?,32+,33+,40-/m0/s1. The summed E-state index contributed by atoms with van der Waals surface area (Å²) in [7, 11) is 3.09. The Morgan fingerprint density at radius 1 is 0.883 bits per heavy atom. The molecule has 12 atom stereocenters. The second-order valence-corrected chi connectivity index (χ2v) is 19.0. The van der Waals surface area contributed by atoms with Crippen LogP contribution < -0.4 is 21.3 Å². The highest BCUT2D eigenvalue weighted by molar-refractivity contribution is 5.81. The van der Waals surface area contributed by atoms with Gasteiger partial charge in [0.05, 0.1) is 37.4 Å². The van der Waals surface area contributed by atoms with E-state index in [1.54, 1.807) is 82.4 Å². The lowest BCUT2D eigenvalue weighted by Gasteiger charge is -2.50. The molecule has 8 N–H and O–H groups in total. The first-order chi connectivity index (χ1) is 27.5. The molecule has 20 nitrogen and oxygen atoms in total. The number of nitrogens with one attached hydrogen (secondary N) is 4. The van der Waals surface area contributed by atoms with Gasteiger partial charge in [0.15, 0.2) is 6.29 Å². The predicted octanol–water partition coefficient (Wildman–Crippen LogP) is 1.36. The molecule has 0 spiro atoms. The van der Waals surface area contributed by atoms with Crippen LogP contribution in [0.3, 0.4) is 0 Å². The molecule has 3 aliphatic rings. The topological polar surface area (TPSA) is 265 Å². The Bertz CT molecular complexity index is 1490. The highest BCUT2D eigenvalue weighted by Gasteiger charge is 2.54. The van der Waals surface area contributed by atoms with Crippen molar-refractivity contribution in [2.45, 2.75) is 179 Å². The number of hydrogen-bond acceptors (Lipinski definition) is 16. The normalized spacial score (nSPS) is 31.7. The molecule has 0 radical (unpaired) electrons. The summed E-state index contributed by atoms with van der Waals surface area (Å²) in [5.41, 5.74) is -4.22. The average molecular weight is 862 g/mol. The van der Waals surface area contributed by atoms with Crippen molar-refractivity contribution in [2.24, 2.45) is 5.92 Å². The van der Waals surface area contributed by atoms with Crippen LogP contribution in [0.2, 0.25) is 0 Å². The maximum atomic E-state index is 13.5. The van der Waals surface area contributed by atoms with Gasteiger partial charge < -0.3 is 79.8 Å². The number of nitrogens with zero attached hydrogens (tertiary/aromatic N) is 1. The largest absolute Gasteiger partial charge is 0.466 e. The van der Waals surface area contributed by atoms with Crippen molar-refractivity contribution >= 4 is 24.2 Å². The van der Waals surface area contributed by atoms with Gasteiger partial charge in [-0.1, -0.05) is 6.92 Å². The lowest BCUT2D eigenvalue weighted by molar-refractivity contribution is -0.313. The molecule has 4 amide bonds. The smallest absolute Gasteiger partial charge is 0.410 e. The second kappa shape index (κ2) is 20.6. The minimum atomic E-state index is -1.78. The number of hydrogen-bond donors (Lipinski definition) is 8. The van der Waals surface area contributed by atoms with Crippen LogP contribution in [-0.4, -0.2) is 167 Å². The van der Waals surface area contributed by atoms with Gasteiger partial charge in [0.1, 0.15) is 52.6 Å². The molecule has 1 saturated carbocycles. The number of aliphatic hydroxyl groups excluding tert-OH is 3. The molecule has 2 aliphatic heterocycles. The lowest BCUT2D eigenvalue weighted by atomic mass is 9.79. The third-order valence-electron chi connectivity index (χ3n) is 9.68. The molecule has 346 valence electrons. The molecule has 3 rings (SSSR count). The molecule has 2 heterocycles. The molecule has 60 heavy (non-hydrogen) atoms. The van der Waals surface area contributed by atoms with E-state index in [0.717, 1.165) is 4.90 Å². The summed E-state index contributed by atoms with van der Waals surface area (Å²) in [5.74, 6) is -0.834. The number of rotatable bonds is 13. The van der Waals surface area contributed by atoms with Crippen LogP contribution in [0.15, 0.2) is 11.8 Å². The van der Waals surface area contributed by atoms with Crippen molar-refractivity contribution in [3.8, 4) is 0 Å². The summed E-state index contributed by atoms with van der Waals surface area (Å²) in [5, 5.41) is 57.0. The van der Waals surface area contributed by atoms with E-state index in [4.69, 9.17) is 33.2 Å². The Morgan fingerprint density at radius 3 is 2.05 bits per heavy atom. The number of alkyl carbamates (subject to hydrolysis) is 2. The summed E-state index contributed by atoms with van der Waals surface area (Å²) in [6.07, 6.45) is -10.3. The van der Waals surface area contributed by atoms with Gasteiger partial charge in [-0.25, -0.2) is 14.4 Å². The highest BCUT2D eigenvalue weighted by Crippen LogP contribution is 2.36. The van der Waals surface area contributed by atoms with Gasteiger partial charge in [0.25, 0.3) is 0 Å². The van der Waals surface area contributed by atoms with Gasteiger partial charge in [-0.15, -0.1) is 0 Å². The van der Waals surface area contributed by atoms with Gasteiger partial charge in [0, 0.05) is 13.6 Å². The van der Waals surface area contributed by atoms with E-state index in [1.807, 2.05) is 0 Å². The average Bonchev–Trinajstić information content (AvgIpc) is 3.07. The quantitative estimate of drug-likeness (QED) is 0.122. The van der Waals surface area contributed by atoms with Crippen molar-refractivity contribution in [2.75, 3.05) is 33.8 Å². The zero-order chi connectivity index (χ0) is 45.5. The molecule has 0 aromatic heterocycles. The van der Waals surface area contributed by atoms with Gasteiger partial charge in [-0.3, -0.25) is 4.79 Å². The highest BCUT2D eigenvalue weighted by atomic mass is 16.7. The SMILES string of the molecule is CNCC1=CCC(NC(=O)OC(C)(C)C)[C@@H](O[C@H]2[C@H](O)[C@@H](O[C@H]3OC[C@](C)(O)C(N(C)C(=O)OC(C)(C)C)[C@H]3O)[C@H](NC(=O)[C@@H](O)CCNC(=O)OC(C)(C)C)C[C@@H]2C)O1. The van der Waals surface area contributed by atoms with Crippen LogP contribution in [0.5, 0.6) is 0 Å². The van der Waals surface area contributed by atoms with E-state index in [2.05, 4.69) is 21.3 Å². The summed E-state index contributed by atoms with van der Waals surface area (Å²) in [6, 6.07) is -3.10. The number of ether oxygens (including phenoxy) is 7. The van der Waals surface area contributed by atoms with Gasteiger partial charge in [0.2, 0.25) is 12.2 Å². The Balaban J connectivity index is 1.92.